The van der Waals surface area contributed by atoms with Gasteiger partial charge in [0.15, 0.2) is 11.5 Å². The van der Waals surface area contributed by atoms with Gasteiger partial charge >= 0.3 is 0 Å². The zero-order valence-corrected chi connectivity index (χ0v) is 17.3. The summed E-state index contributed by atoms with van der Waals surface area (Å²) in [5.74, 6) is 1.59. The third kappa shape index (κ3) is 5.02. The van der Waals surface area contributed by atoms with Crippen LogP contribution in [0.3, 0.4) is 0 Å². The number of nitrogens with zero attached hydrogens (tertiary/aromatic N) is 1. The highest BCUT2D eigenvalue weighted by molar-refractivity contribution is 9.10. The molecule has 1 amide bonds. The molecule has 0 radical (unpaired) electrons. The average molecular weight is 433 g/mol. The number of carbonyl (C=O) groups is 1. The summed E-state index contributed by atoms with van der Waals surface area (Å²) >= 11 is 3.56. The van der Waals surface area contributed by atoms with Crippen LogP contribution in [0, 0.1) is 0 Å². The highest BCUT2D eigenvalue weighted by Gasteiger charge is 2.17. The van der Waals surface area contributed by atoms with Gasteiger partial charge in [0.1, 0.15) is 13.2 Å². The first-order valence-corrected chi connectivity index (χ1v) is 10.0. The second-order valence-corrected chi connectivity index (χ2v) is 7.36. The van der Waals surface area contributed by atoms with Crippen LogP contribution in [0.2, 0.25) is 0 Å². The number of fused-ring (bicyclic) bond motifs is 1. The first-order valence-electron chi connectivity index (χ1n) is 9.22. The molecule has 2 aromatic carbocycles. The van der Waals surface area contributed by atoms with E-state index in [4.69, 9.17) is 9.47 Å². The van der Waals surface area contributed by atoms with Crippen LogP contribution in [0.25, 0.3) is 0 Å². The normalized spacial score (nSPS) is 13.9. The number of ether oxygens (including phenoxy) is 2. The van der Waals surface area contributed by atoms with E-state index in [0.717, 1.165) is 27.1 Å². The van der Waals surface area contributed by atoms with E-state index in [-0.39, 0.29) is 11.9 Å². The van der Waals surface area contributed by atoms with Gasteiger partial charge in [-0.25, -0.2) is 0 Å². The third-order valence-electron chi connectivity index (χ3n) is 4.65. The largest absolute Gasteiger partial charge is 0.486 e. The van der Waals surface area contributed by atoms with Crippen LogP contribution in [0.1, 0.15) is 31.0 Å². The number of carbonyl (C=O) groups excluding carboxylic acids is 1. The number of likely N-dealkylation sites (N-methyl/N-ethyl adjacent to an activating group) is 1. The summed E-state index contributed by atoms with van der Waals surface area (Å²) in [7, 11) is 0. The van der Waals surface area contributed by atoms with Crippen molar-refractivity contribution in [3.8, 4) is 11.5 Å². The molecule has 2 aromatic rings. The lowest BCUT2D eigenvalue weighted by Crippen LogP contribution is -2.38. The van der Waals surface area contributed by atoms with Crippen molar-refractivity contribution in [3.63, 3.8) is 0 Å². The molecule has 1 aliphatic rings. The van der Waals surface area contributed by atoms with E-state index < -0.39 is 0 Å². The Labute approximate surface area is 168 Å². The molecule has 0 spiro atoms. The topological polar surface area (TPSA) is 50.8 Å². The summed E-state index contributed by atoms with van der Waals surface area (Å²) < 4.78 is 12.2. The molecule has 5 nitrogen and oxygen atoms in total. The SMILES string of the molecule is CCN(Cc1ccc2c(c1)OCCO2)C(=O)CNC(C)c1ccccc1Br. The van der Waals surface area contributed by atoms with Gasteiger partial charge < -0.3 is 19.7 Å². The smallest absolute Gasteiger partial charge is 0.236 e. The van der Waals surface area contributed by atoms with Gasteiger partial charge in [-0.1, -0.05) is 40.2 Å². The minimum Gasteiger partial charge on any atom is -0.486 e. The van der Waals surface area contributed by atoms with Crippen LogP contribution in [0.4, 0.5) is 0 Å². The van der Waals surface area contributed by atoms with Gasteiger partial charge in [-0.05, 0) is 43.2 Å². The number of amides is 1. The second-order valence-electron chi connectivity index (χ2n) is 6.51. The maximum absolute atomic E-state index is 12.7. The molecule has 0 aromatic heterocycles. The molecule has 27 heavy (non-hydrogen) atoms. The lowest BCUT2D eigenvalue weighted by Gasteiger charge is -2.24. The molecule has 0 bridgehead atoms. The number of hydrogen-bond acceptors (Lipinski definition) is 4. The molecule has 0 aliphatic carbocycles. The molecule has 1 N–H and O–H groups in total. The Bertz CT molecular complexity index is 797. The Kier molecular flexibility index (Phi) is 6.74. The highest BCUT2D eigenvalue weighted by Crippen LogP contribution is 2.31. The van der Waals surface area contributed by atoms with Gasteiger partial charge in [-0.3, -0.25) is 4.79 Å². The zero-order valence-electron chi connectivity index (χ0n) is 15.7. The predicted molar refractivity (Wildman–Crippen MR) is 109 cm³/mol. The van der Waals surface area contributed by atoms with Gasteiger partial charge in [0.05, 0.1) is 6.54 Å². The Balaban J connectivity index is 1.58. The lowest BCUT2D eigenvalue weighted by atomic mass is 10.1. The van der Waals surface area contributed by atoms with E-state index in [9.17, 15) is 4.79 Å². The van der Waals surface area contributed by atoms with E-state index in [1.807, 2.05) is 48.2 Å². The molecule has 144 valence electrons. The van der Waals surface area contributed by atoms with E-state index in [1.54, 1.807) is 0 Å². The molecule has 1 atom stereocenters. The van der Waals surface area contributed by atoms with E-state index in [0.29, 0.717) is 32.8 Å². The minimum atomic E-state index is 0.0753. The van der Waals surface area contributed by atoms with Gasteiger partial charge in [0, 0.05) is 23.6 Å². The number of rotatable bonds is 7. The Hall–Kier alpha value is -2.05. The first kappa shape index (κ1) is 19.7. The van der Waals surface area contributed by atoms with Crippen molar-refractivity contribution in [1.29, 1.82) is 0 Å². The molecule has 1 unspecified atom stereocenters. The average Bonchev–Trinajstić information content (AvgIpc) is 2.70. The Morgan fingerprint density at radius 3 is 2.67 bits per heavy atom. The van der Waals surface area contributed by atoms with Crippen molar-refractivity contribution in [3.05, 3.63) is 58.1 Å². The Morgan fingerprint density at radius 2 is 1.93 bits per heavy atom. The van der Waals surface area contributed by atoms with Crippen molar-refractivity contribution in [2.24, 2.45) is 0 Å². The minimum absolute atomic E-state index is 0.0753. The van der Waals surface area contributed by atoms with Gasteiger partial charge in [-0.2, -0.15) is 0 Å². The highest BCUT2D eigenvalue weighted by atomic mass is 79.9. The first-order chi connectivity index (χ1) is 13.1. The molecule has 1 heterocycles. The fourth-order valence-corrected chi connectivity index (χ4v) is 3.70. The standard InChI is InChI=1S/C21H25BrN2O3/c1-3-24(14-16-8-9-19-20(12-16)27-11-10-26-19)21(25)13-23-15(2)17-6-4-5-7-18(17)22/h4-9,12,15,23H,3,10-11,13-14H2,1-2H3. The van der Waals surface area contributed by atoms with Gasteiger partial charge in [-0.15, -0.1) is 0 Å². The summed E-state index contributed by atoms with van der Waals surface area (Å²) in [6.07, 6.45) is 0. The van der Waals surface area contributed by atoms with Crippen molar-refractivity contribution >= 4 is 21.8 Å². The van der Waals surface area contributed by atoms with Crippen LogP contribution in [-0.2, 0) is 11.3 Å². The molecule has 0 saturated heterocycles. The molecule has 6 heteroatoms. The summed E-state index contributed by atoms with van der Waals surface area (Å²) in [4.78, 5) is 14.5. The fraction of sp³-hybridized carbons (Fsp3) is 0.381. The molecule has 3 rings (SSSR count). The monoisotopic (exact) mass is 432 g/mol. The third-order valence-corrected chi connectivity index (χ3v) is 5.37. The maximum atomic E-state index is 12.7. The molecular weight excluding hydrogens is 408 g/mol. The zero-order chi connectivity index (χ0) is 19.2. The van der Waals surface area contributed by atoms with Crippen molar-refractivity contribution in [1.82, 2.24) is 10.2 Å². The maximum Gasteiger partial charge on any atom is 0.236 e. The molecule has 1 aliphatic heterocycles. The van der Waals surface area contributed by atoms with Crippen LogP contribution in [0.15, 0.2) is 46.9 Å². The van der Waals surface area contributed by atoms with Crippen LogP contribution < -0.4 is 14.8 Å². The lowest BCUT2D eigenvalue weighted by molar-refractivity contribution is -0.130. The van der Waals surface area contributed by atoms with Crippen LogP contribution in [-0.4, -0.2) is 37.1 Å². The summed E-state index contributed by atoms with van der Waals surface area (Å²) in [5.41, 5.74) is 2.17. The second kappa shape index (κ2) is 9.24. The number of hydrogen-bond donors (Lipinski definition) is 1. The predicted octanol–water partition coefficient (Wildman–Crippen LogP) is 3.92. The number of halogens is 1. The van der Waals surface area contributed by atoms with Crippen molar-refractivity contribution in [2.45, 2.75) is 26.4 Å². The van der Waals surface area contributed by atoms with E-state index in [2.05, 4.69) is 34.2 Å². The summed E-state index contributed by atoms with van der Waals surface area (Å²) in [6.45, 7) is 6.69. The Morgan fingerprint density at radius 1 is 1.19 bits per heavy atom. The molecule has 0 fully saturated rings. The van der Waals surface area contributed by atoms with Crippen LogP contribution >= 0.6 is 15.9 Å². The summed E-state index contributed by atoms with van der Waals surface area (Å²) in [6, 6.07) is 14.0. The van der Waals surface area contributed by atoms with E-state index >= 15 is 0 Å². The van der Waals surface area contributed by atoms with E-state index in [1.165, 1.54) is 0 Å². The van der Waals surface area contributed by atoms with Crippen molar-refractivity contribution < 1.29 is 14.3 Å². The molecule has 0 saturated carbocycles. The number of benzene rings is 2. The molecular formula is C21H25BrN2O3. The van der Waals surface area contributed by atoms with Crippen molar-refractivity contribution in [2.75, 3.05) is 26.3 Å². The van der Waals surface area contributed by atoms with Gasteiger partial charge in [0.2, 0.25) is 5.91 Å². The summed E-state index contributed by atoms with van der Waals surface area (Å²) in [5, 5.41) is 3.32. The quantitative estimate of drug-likeness (QED) is 0.719. The fourth-order valence-electron chi connectivity index (χ4n) is 3.07. The van der Waals surface area contributed by atoms with Gasteiger partial charge in [0.25, 0.3) is 0 Å². The van der Waals surface area contributed by atoms with Crippen LogP contribution in [0.5, 0.6) is 11.5 Å². The number of nitrogens with one attached hydrogen (secondary N) is 1.